The van der Waals surface area contributed by atoms with Crippen molar-refractivity contribution in [2.75, 3.05) is 19.8 Å². The molecule has 0 aliphatic rings. The van der Waals surface area contributed by atoms with Gasteiger partial charge in [-0.2, -0.15) is 0 Å². The fourth-order valence-electron chi connectivity index (χ4n) is 6.85. The summed E-state index contributed by atoms with van der Waals surface area (Å²) in [5.74, 6) is -0.204. The van der Waals surface area contributed by atoms with Gasteiger partial charge in [0.05, 0.1) is 25.4 Å². The quantitative estimate of drug-likeness (QED) is 0.0274. The van der Waals surface area contributed by atoms with E-state index in [2.05, 4.69) is 43.5 Å². The summed E-state index contributed by atoms with van der Waals surface area (Å²) < 4.78 is 22.1. The van der Waals surface area contributed by atoms with Crippen LogP contribution in [0.25, 0.3) is 0 Å². The molecule has 330 valence electrons. The molecule has 0 aromatic rings. The predicted octanol–water partition coefficient (Wildman–Crippen LogP) is 13.5. The van der Waals surface area contributed by atoms with Crippen LogP contribution >= 0.6 is 7.82 Å². The van der Waals surface area contributed by atoms with E-state index in [9.17, 15) is 19.4 Å². The molecule has 56 heavy (non-hydrogen) atoms. The maximum Gasteiger partial charge on any atom is 0.472 e. The van der Waals surface area contributed by atoms with Crippen molar-refractivity contribution in [2.45, 2.75) is 238 Å². The molecule has 0 heterocycles. The minimum atomic E-state index is -4.35. The van der Waals surface area contributed by atoms with Crippen LogP contribution in [0.4, 0.5) is 0 Å². The smallest absolute Gasteiger partial charge is 0.387 e. The lowest BCUT2D eigenvalue weighted by molar-refractivity contribution is -0.123. The first-order chi connectivity index (χ1) is 27.4. The van der Waals surface area contributed by atoms with E-state index in [0.717, 1.165) is 38.5 Å². The Morgan fingerprint density at radius 1 is 0.571 bits per heavy atom. The van der Waals surface area contributed by atoms with E-state index in [4.69, 9.17) is 14.8 Å². The zero-order chi connectivity index (χ0) is 41.1. The molecule has 8 nitrogen and oxygen atoms in total. The summed E-state index contributed by atoms with van der Waals surface area (Å²) in [6.07, 6.45) is 52.1. The van der Waals surface area contributed by atoms with Gasteiger partial charge < -0.3 is 21.1 Å². The Morgan fingerprint density at radius 3 is 1.38 bits per heavy atom. The predicted molar refractivity (Wildman–Crippen MR) is 240 cm³/mol. The summed E-state index contributed by atoms with van der Waals surface area (Å²) in [6.45, 7) is 4.12. The zero-order valence-electron chi connectivity index (χ0n) is 36.6. The van der Waals surface area contributed by atoms with Gasteiger partial charge in [-0.1, -0.05) is 198 Å². The highest BCUT2D eigenvalue weighted by Gasteiger charge is 2.26. The Labute approximate surface area is 346 Å². The number of carbonyl (C=O) groups is 1. The van der Waals surface area contributed by atoms with Crippen LogP contribution in [0, 0.1) is 0 Å². The van der Waals surface area contributed by atoms with Crippen LogP contribution in [0.3, 0.4) is 0 Å². The second-order valence-corrected chi connectivity index (χ2v) is 17.4. The topological polar surface area (TPSA) is 131 Å². The standard InChI is InChI=1S/C47H91N2O6P/c1-3-5-7-9-11-13-15-17-19-20-21-22-23-24-25-26-27-29-31-33-35-37-39-41-47(51)49-45(44-55-56(52,53)54-43-42-48)46(50)40-38-36-34-32-30-28-18-16-14-12-10-8-6-4-2/h20-21,30,32,38,40,45-46,50H,3-19,22-29,31,33-37,39,41-44,48H2,1-2H3,(H,49,51)(H,52,53)/b21-20-,32-30+,40-38+. The molecule has 0 saturated carbocycles. The lowest BCUT2D eigenvalue weighted by Gasteiger charge is -2.23. The average molecular weight is 811 g/mol. The van der Waals surface area contributed by atoms with Crippen LogP contribution in [0.15, 0.2) is 36.5 Å². The maximum absolute atomic E-state index is 12.8. The van der Waals surface area contributed by atoms with Crippen LogP contribution in [0.5, 0.6) is 0 Å². The normalized spacial score (nSPS) is 14.3. The van der Waals surface area contributed by atoms with Gasteiger partial charge in [0, 0.05) is 13.0 Å². The average Bonchev–Trinajstić information content (AvgIpc) is 3.19. The van der Waals surface area contributed by atoms with E-state index in [-0.39, 0.29) is 25.7 Å². The van der Waals surface area contributed by atoms with Crippen molar-refractivity contribution in [3.8, 4) is 0 Å². The molecule has 1 amide bonds. The third-order valence-electron chi connectivity index (χ3n) is 10.4. The molecule has 0 rings (SSSR count). The molecule has 0 aromatic heterocycles. The van der Waals surface area contributed by atoms with Crippen LogP contribution in [0.2, 0.25) is 0 Å². The Balaban J connectivity index is 4.12. The highest BCUT2D eigenvalue weighted by molar-refractivity contribution is 7.47. The molecule has 5 N–H and O–H groups in total. The summed E-state index contributed by atoms with van der Waals surface area (Å²) in [7, 11) is -4.35. The first-order valence-corrected chi connectivity index (χ1v) is 25.1. The molecule has 0 saturated heterocycles. The maximum atomic E-state index is 12.8. The van der Waals surface area contributed by atoms with Crippen molar-refractivity contribution >= 4 is 13.7 Å². The molecule has 0 aliphatic heterocycles. The van der Waals surface area contributed by atoms with Crippen LogP contribution in [0.1, 0.15) is 226 Å². The monoisotopic (exact) mass is 811 g/mol. The van der Waals surface area contributed by atoms with Crippen LogP contribution in [-0.4, -0.2) is 47.8 Å². The van der Waals surface area contributed by atoms with Gasteiger partial charge in [-0.15, -0.1) is 0 Å². The number of carbonyl (C=O) groups excluding carboxylic acids is 1. The van der Waals surface area contributed by atoms with E-state index in [1.54, 1.807) is 6.08 Å². The molecule has 3 atom stereocenters. The van der Waals surface area contributed by atoms with Crippen molar-refractivity contribution in [2.24, 2.45) is 5.73 Å². The molecule has 0 radical (unpaired) electrons. The Morgan fingerprint density at radius 2 is 0.946 bits per heavy atom. The number of unbranched alkanes of at least 4 members (excludes halogenated alkanes) is 28. The minimum absolute atomic E-state index is 0.0742. The molecule has 0 aliphatic carbocycles. The molecule has 9 heteroatoms. The van der Waals surface area contributed by atoms with E-state index in [1.165, 1.54) is 167 Å². The SMILES string of the molecule is CCCCCCCCCC/C=C\CCCCCCCCCCCCCC(=O)NC(COP(=O)(O)OCCN)C(O)/C=C/CC/C=C/CCCCCCCCCC. The molecular weight excluding hydrogens is 719 g/mol. The molecular formula is C47H91N2O6P. The Kier molecular flexibility index (Phi) is 42.3. The number of nitrogens with two attached hydrogens (primary N) is 1. The van der Waals surface area contributed by atoms with Gasteiger partial charge in [-0.25, -0.2) is 4.57 Å². The number of hydrogen-bond donors (Lipinski definition) is 4. The number of aliphatic hydroxyl groups excluding tert-OH is 1. The van der Waals surface area contributed by atoms with Gasteiger partial charge in [0.1, 0.15) is 0 Å². The zero-order valence-corrected chi connectivity index (χ0v) is 37.5. The first-order valence-electron chi connectivity index (χ1n) is 23.6. The van der Waals surface area contributed by atoms with E-state index in [0.29, 0.717) is 6.42 Å². The molecule has 0 aromatic carbocycles. The third kappa shape index (κ3) is 40.9. The number of rotatable bonds is 44. The highest BCUT2D eigenvalue weighted by atomic mass is 31.2. The number of allylic oxidation sites excluding steroid dienone is 5. The van der Waals surface area contributed by atoms with Crippen LogP contribution < -0.4 is 11.1 Å². The van der Waals surface area contributed by atoms with Gasteiger partial charge in [0.25, 0.3) is 0 Å². The van der Waals surface area contributed by atoms with Gasteiger partial charge in [0.15, 0.2) is 0 Å². The summed E-state index contributed by atoms with van der Waals surface area (Å²) in [5, 5.41) is 13.7. The molecule has 0 spiro atoms. The summed E-state index contributed by atoms with van der Waals surface area (Å²) in [6, 6.07) is -0.876. The van der Waals surface area contributed by atoms with E-state index < -0.39 is 20.0 Å². The van der Waals surface area contributed by atoms with Gasteiger partial charge in [-0.3, -0.25) is 13.8 Å². The van der Waals surface area contributed by atoms with Crippen molar-refractivity contribution in [3.05, 3.63) is 36.5 Å². The van der Waals surface area contributed by atoms with Gasteiger partial charge in [-0.05, 0) is 57.8 Å². The van der Waals surface area contributed by atoms with Gasteiger partial charge in [0.2, 0.25) is 5.91 Å². The number of hydrogen-bond acceptors (Lipinski definition) is 6. The third-order valence-corrected chi connectivity index (χ3v) is 11.4. The van der Waals surface area contributed by atoms with Crippen molar-refractivity contribution < 1.29 is 28.4 Å². The summed E-state index contributed by atoms with van der Waals surface area (Å²) >= 11 is 0. The largest absolute Gasteiger partial charge is 0.472 e. The molecule has 0 bridgehead atoms. The lowest BCUT2D eigenvalue weighted by atomic mass is 10.0. The summed E-state index contributed by atoms with van der Waals surface area (Å²) in [5.41, 5.74) is 5.38. The van der Waals surface area contributed by atoms with Gasteiger partial charge >= 0.3 is 7.82 Å². The fraction of sp³-hybridized carbons (Fsp3) is 0.851. The number of amides is 1. The van der Waals surface area contributed by atoms with Crippen molar-refractivity contribution in [1.29, 1.82) is 0 Å². The van der Waals surface area contributed by atoms with Crippen molar-refractivity contribution in [3.63, 3.8) is 0 Å². The number of phosphoric ester groups is 1. The highest BCUT2D eigenvalue weighted by Crippen LogP contribution is 2.43. The van der Waals surface area contributed by atoms with Crippen LogP contribution in [-0.2, 0) is 18.4 Å². The minimum Gasteiger partial charge on any atom is -0.387 e. The second kappa shape index (κ2) is 43.3. The van der Waals surface area contributed by atoms with Crippen molar-refractivity contribution in [1.82, 2.24) is 5.32 Å². The molecule has 0 fully saturated rings. The first kappa shape index (κ1) is 54.7. The molecule has 3 unspecified atom stereocenters. The lowest BCUT2D eigenvalue weighted by Crippen LogP contribution is -2.45. The Bertz CT molecular complexity index is 974. The summed E-state index contributed by atoms with van der Waals surface area (Å²) in [4.78, 5) is 22.7. The second-order valence-electron chi connectivity index (χ2n) is 16.0. The number of aliphatic hydroxyl groups is 1. The number of nitrogens with one attached hydrogen (secondary N) is 1. The van der Waals surface area contributed by atoms with E-state index >= 15 is 0 Å². The Hall–Kier alpha value is -1.28. The van der Waals surface area contributed by atoms with E-state index in [1.807, 2.05) is 6.08 Å². The fourth-order valence-corrected chi connectivity index (χ4v) is 7.61. The number of phosphoric acid groups is 1.